The molecule has 0 saturated carbocycles. The minimum Gasteiger partial charge on any atom is -0.465 e. The van der Waals surface area contributed by atoms with Crippen molar-refractivity contribution in [2.24, 2.45) is 0 Å². The van der Waals surface area contributed by atoms with Crippen LogP contribution < -0.4 is 4.90 Å². The molecule has 3 heteroatoms. The number of anilines is 1. The molecule has 1 aromatic rings. The first-order valence-corrected chi connectivity index (χ1v) is 10.5. The molecule has 0 aliphatic carbocycles. The SMILES string of the molecule is [C-]#[N+]/C(C)=C1/C=COC(/C=C/c2cc3c4c(c2)C(C)(C)CCN4CCC3(C)C)=C1. The van der Waals surface area contributed by atoms with Crippen LogP contribution in [0.4, 0.5) is 5.69 Å². The highest BCUT2D eigenvalue weighted by atomic mass is 16.5. The molecule has 0 saturated heterocycles. The Morgan fingerprint density at radius 2 is 1.69 bits per heavy atom. The van der Waals surface area contributed by atoms with Crippen molar-refractivity contribution in [2.75, 3.05) is 18.0 Å². The van der Waals surface area contributed by atoms with E-state index < -0.39 is 0 Å². The molecule has 0 N–H and O–H groups in total. The van der Waals surface area contributed by atoms with E-state index >= 15 is 0 Å². The van der Waals surface area contributed by atoms with Crippen molar-refractivity contribution in [3.63, 3.8) is 0 Å². The second kappa shape index (κ2) is 6.95. The summed E-state index contributed by atoms with van der Waals surface area (Å²) in [6.07, 6.45) is 12.0. The Labute approximate surface area is 174 Å². The Hall–Kier alpha value is -2.73. The summed E-state index contributed by atoms with van der Waals surface area (Å²) in [6.45, 7) is 20.8. The zero-order valence-electron chi connectivity index (χ0n) is 18.2. The molecule has 0 aromatic heterocycles. The van der Waals surface area contributed by atoms with Gasteiger partial charge in [-0.3, -0.25) is 0 Å². The molecular weight excluding hydrogens is 356 g/mol. The van der Waals surface area contributed by atoms with E-state index in [1.807, 2.05) is 25.2 Å². The highest BCUT2D eigenvalue weighted by Crippen LogP contribution is 2.49. The molecule has 150 valence electrons. The predicted octanol–water partition coefficient (Wildman–Crippen LogP) is 6.49. The van der Waals surface area contributed by atoms with Gasteiger partial charge >= 0.3 is 0 Å². The first kappa shape index (κ1) is 19.6. The smallest absolute Gasteiger partial charge is 0.169 e. The molecule has 3 aliphatic rings. The molecule has 3 heterocycles. The van der Waals surface area contributed by atoms with E-state index in [4.69, 9.17) is 11.3 Å². The fourth-order valence-corrected chi connectivity index (χ4v) is 4.54. The van der Waals surface area contributed by atoms with Crippen LogP contribution >= 0.6 is 0 Å². The summed E-state index contributed by atoms with van der Waals surface area (Å²) < 4.78 is 5.65. The third-order valence-corrected chi connectivity index (χ3v) is 6.70. The van der Waals surface area contributed by atoms with Crippen LogP contribution in [0.2, 0.25) is 0 Å². The summed E-state index contributed by atoms with van der Waals surface area (Å²) in [4.78, 5) is 6.12. The van der Waals surface area contributed by atoms with Crippen LogP contribution in [0.25, 0.3) is 10.9 Å². The van der Waals surface area contributed by atoms with E-state index in [0.29, 0.717) is 5.70 Å². The van der Waals surface area contributed by atoms with Crippen molar-refractivity contribution in [1.82, 2.24) is 0 Å². The molecule has 4 rings (SSSR count). The maximum absolute atomic E-state index is 7.22. The van der Waals surface area contributed by atoms with Crippen molar-refractivity contribution in [3.05, 3.63) is 81.8 Å². The Morgan fingerprint density at radius 1 is 1.07 bits per heavy atom. The lowest BCUT2D eigenvalue weighted by atomic mass is 9.69. The first-order valence-electron chi connectivity index (χ1n) is 10.5. The second-order valence-electron chi connectivity index (χ2n) is 9.67. The number of hydrogen-bond donors (Lipinski definition) is 0. The predicted molar refractivity (Wildman–Crippen MR) is 121 cm³/mol. The largest absolute Gasteiger partial charge is 0.465 e. The van der Waals surface area contributed by atoms with E-state index in [2.05, 4.69) is 55.6 Å². The zero-order chi connectivity index (χ0) is 20.8. The topological polar surface area (TPSA) is 16.8 Å². The number of allylic oxidation sites excluding steroid dienone is 5. The van der Waals surface area contributed by atoms with Crippen LogP contribution in [0.3, 0.4) is 0 Å². The van der Waals surface area contributed by atoms with Crippen molar-refractivity contribution in [1.29, 1.82) is 0 Å². The first-order chi connectivity index (χ1) is 13.7. The molecule has 29 heavy (non-hydrogen) atoms. The number of nitrogens with zero attached hydrogens (tertiary/aromatic N) is 2. The molecular formula is C26H30N2O. The quantitative estimate of drug-likeness (QED) is 0.540. The van der Waals surface area contributed by atoms with Crippen LogP contribution in [-0.4, -0.2) is 13.1 Å². The van der Waals surface area contributed by atoms with E-state index in [9.17, 15) is 0 Å². The lowest BCUT2D eigenvalue weighted by molar-refractivity contribution is 0.364. The van der Waals surface area contributed by atoms with Gasteiger partial charge in [-0.25, -0.2) is 4.85 Å². The van der Waals surface area contributed by atoms with Crippen LogP contribution in [0, 0.1) is 6.57 Å². The zero-order valence-corrected chi connectivity index (χ0v) is 18.2. The van der Waals surface area contributed by atoms with Crippen molar-refractivity contribution >= 4 is 11.8 Å². The van der Waals surface area contributed by atoms with Gasteiger partial charge in [0.2, 0.25) is 0 Å². The highest BCUT2D eigenvalue weighted by molar-refractivity contribution is 5.72. The van der Waals surface area contributed by atoms with Gasteiger partial charge in [-0.2, -0.15) is 0 Å². The Kier molecular flexibility index (Phi) is 4.69. The minimum atomic E-state index is 0.184. The van der Waals surface area contributed by atoms with Gasteiger partial charge < -0.3 is 9.64 Å². The summed E-state index contributed by atoms with van der Waals surface area (Å²) in [7, 11) is 0. The van der Waals surface area contributed by atoms with Gasteiger partial charge in [0, 0.05) is 18.8 Å². The summed E-state index contributed by atoms with van der Waals surface area (Å²) in [5.41, 5.74) is 7.58. The molecule has 0 fully saturated rings. The number of benzene rings is 1. The van der Waals surface area contributed by atoms with E-state index in [-0.39, 0.29) is 10.8 Å². The van der Waals surface area contributed by atoms with Gasteiger partial charge in [0.1, 0.15) is 5.76 Å². The molecule has 3 nitrogen and oxygen atoms in total. The van der Waals surface area contributed by atoms with Crippen LogP contribution in [0.15, 0.2) is 53.7 Å². The van der Waals surface area contributed by atoms with E-state index in [1.54, 1.807) is 6.26 Å². The molecule has 0 atom stereocenters. The van der Waals surface area contributed by atoms with E-state index in [1.165, 1.54) is 35.2 Å². The van der Waals surface area contributed by atoms with Crippen LogP contribution in [0.5, 0.6) is 0 Å². The maximum Gasteiger partial charge on any atom is 0.169 e. The number of ether oxygens (including phenoxy) is 1. The van der Waals surface area contributed by atoms with Crippen LogP contribution in [-0.2, 0) is 15.6 Å². The monoisotopic (exact) mass is 386 g/mol. The van der Waals surface area contributed by atoms with Gasteiger partial charge in [-0.15, -0.1) is 0 Å². The van der Waals surface area contributed by atoms with Gasteiger partial charge in [-0.1, -0.05) is 33.8 Å². The fraction of sp³-hybridized carbons (Fsp3) is 0.423. The van der Waals surface area contributed by atoms with Gasteiger partial charge in [0.15, 0.2) is 5.70 Å². The minimum absolute atomic E-state index is 0.184. The van der Waals surface area contributed by atoms with Crippen LogP contribution in [0.1, 0.15) is 64.2 Å². The van der Waals surface area contributed by atoms with Crippen molar-refractivity contribution in [2.45, 2.75) is 58.3 Å². The lowest BCUT2D eigenvalue weighted by Crippen LogP contribution is -2.44. The average Bonchev–Trinajstić information content (AvgIpc) is 2.70. The highest BCUT2D eigenvalue weighted by Gasteiger charge is 2.39. The lowest BCUT2D eigenvalue weighted by Gasteiger charge is -2.48. The number of rotatable bonds is 2. The third-order valence-electron chi connectivity index (χ3n) is 6.70. The maximum atomic E-state index is 7.22. The molecule has 1 aromatic carbocycles. The second-order valence-corrected chi connectivity index (χ2v) is 9.67. The van der Waals surface area contributed by atoms with E-state index in [0.717, 1.165) is 24.4 Å². The van der Waals surface area contributed by atoms with Gasteiger partial charge in [0.05, 0.1) is 12.8 Å². The fourth-order valence-electron chi connectivity index (χ4n) is 4.54. The molecule has 0 unspecified atom stereocenters. The van der Waals surface area contributed by atoms with Gasteiger partial charge in [-0.05, 0) is 83.2 Å². The van der Waals surface area contributed by atoms with Gasteiger partial charge in [0.25, 0.3) is 0 Å². The molecule has 3 aliphatic heterocycles. The van der Waals surface area contributed by atoms with Crippen molar-refractivity contribution in [3.8, 4) is 0 Å². The average molecular weight is 387 g/mol. The normalized spacial score (nSPS) is 23.2. The Bertz CT molecular complexity index is 971. The summed E-state index contributed by atoms with van der Waals surface area (Å²) in [5, 5.41) is 0. The standard InChI is InChI=1S/C26H30N2O/c1-18(27-6)20-9-14-29-21(17-20)8-7-19-15-22-24-23(16-19)26(4,5)11-13-28(24)12-10-25(22,2)3/h7-9,14-17H,10-13H2,1-5H3/b8-7+,20-18-. The number of hydrogen-bond acceptors (Lipinski definition) is 2. The Morgan fingerprint density at radius 3 is 2.28 bits per heavy atom. The van der Waals surface area contributed by atoms with Crippen molar-refractivity contribution < 1.29 is 4.74 Å². The summed E-state index contributed by atoms with van der Waals surface area (Å²) in [6, 6.07) is 4.73. The summed E-state index contributed by atoms with van der Waals surface area (Å²) >= 11 is 0. The Balaban J connectivity index is 1.76. The molecule has 0 bridgehead atoms. The summed E-state index contributed by atoms with van der Waals surface area (Å²) in [5.74, 6) is 0.761. The molecule has 0 spiro atoms. The molecule has 0 radical (unpaired) electrons. The molecule has 0 amide bonds. The third kappa shape index (κ3) is 3.53.